The van der Waals surface area contributed by atoms with Gasteiger partial charge in [-0.25, -0.2) is 0 Å². The molecule has 2 nitrogen and oxygen atoms in total. The fourth-order valence-corrected chi connectivity index (χ4v) is 0.887. The summed E-state index contributed by atoms with van der Waals surface area (Å²) in [7, 11) is 1.62. The van der Waals surface area contributed by atoms with Gasteiger partial charge in [-0.05, 0) is 18.1 Å². The van der Waals surface area contributed by atoms with Gasteiger partial charge in [-0.2, -0.15) is 0 Å². The maximum Gasteiger partial charge on any atom is 0.131 e. The van der Waals surface area contributed by atoms with Gasteiger partial charge in [-0.3, -0.25) is 0 Å². The Balaban J connectivity index is 2.56. The van der Waals surface area contributed by atoms with E-state index in [-0.39, 0.29) is 0 Å². The van der Waals surface area contributed by atoms with E-state index >= 15 is 0 Å². The van der Waals surface area contributed by atoms with Crippen LogP contribution in [0.15, 0.2) is 18.2 Å². The molecule has 1 aromatic rings. The highest BCUT2D eigenvalue weighted by Gasteiger charge is 1.98. The molecule has 0 heterocycles. The summed E-state index contributed by atoms with van der Waals surface area (Å²) in [4.78, 5) is 0. The summed E-state index contributed by atoms with van der Waals surface area (Å²) in [5, 5.41) is 0. The first-order valence-electron chi connectivity index (χ1n) is 4.41. The minimum atomic E-state index is 0.527. The third-order valence-electron chi connectivity index (χ3n) is 1.53. The van der Waals surface area contributed by atoms with Crippen LogP contribution in [0, 0.1) is 12.0 Å². The fourth-order valence-electron chi connectivity index (χ4n) is 0.887. The predicted octanol–water partition coefficient (Wildman–Crippen LogP) is 2.53. The molecule has 0 aromatic heterocycles. The van der Waals surface area contributed by atoms with Gasteiger partial charge in [0.25, 0.3) is 0 Å². The quantitative estimate of drug-likeness (QED) is 0.707. The lowest BCUT2D eigenvalue weighted by Crippen LogP contribution is -2.04. The number of hydrogen-bond donors (Lipinski definition) is 0. The Bertz CT molecular complexity index is 256. The number of ether oxygens (including phenoxy) is 2. The van der Waals surface area contributed by atoms with E-state index in [1.165, 1.54) is 0 Å². The largest absolute Gasteiger partial charge is 0.496 e. The molecule has 0 unspecified atom stereocenters. The van der Waals surface area contributed by atoms with Gasteiger partial charge in [0.1, 0.15) is 11.5 Å². The van der Waals surface area contributed by atoms with Crippen molar-refractivity contribution in [1.82, 2.24) is 0 Å². The van der Waals surface area contributed by atoms with E-state index in [4.69, 9.17) is 9.47 Å². The van der Waals surface area contributed by atoms with Gasteiger partial charge >= 0.3 is 0 Å². The summed E-state index contributed by atoms with van der Waals surface area (Å²) < 4.78 is 10.5. The molecule has 13 heavy (non-hydrogen) atoms. The second kappa shape index (κ2) is 4.75. The molecule has 0 atom stereocenters. The Morgan fingerprint density at radius 1 is 1.31 bits per heavy atom. The van der Waals surface area contributed by atoms with Crippen LogP contribution < -0.4 is 9.47 Å². The zero-order chi connectivity index (χ0) is 9.68. The Morgan fingerprint density at radius 2 is 2.00 bits per heavy atom. The Hall–Kier alpha value is -1.18. The van der Waals surface area contributed by atoms with Gasteiger partial charge in [0.15, 0.2) is 0 Å². The van der Waals surface area contributed by atoms with Crippen LogP contribution in [0.2, 0.25) is 0 Å². The predicted molar refractivity (Wildman–Crippen MR) is 52.2 cm³/mol. The van der Waals surface area contributed by atoms with Crippen molar-refractivity contribution in [3.63, 3.8) is 0 Å². The smallest absolute Gasteiger partial charge is 0.131 e. The summed E-state index contributed by atoms with van der Waals surface area (Å²) in [5.74, 6) is 1.98. The van der Waals surface area contributed by atoms with Gasteiger partial charge in [-0.15, -0.1) is 0 Å². The third-order valence-corrected chi connectivity index (χ3v) is 1.53. The number of methoxy groups -OCH3 is 1. The molecule has 0 saturated carbocycles. The summed E-state index contributed by atoms with van der Waals surface area (Å²) in [6.07, 6.45) is 0. The lowest BCUT2D eigenvalue weighted by molar-refractivity contribution is 0.269. The molecule has 1 rings (SSSR count). The zero-order valence-corrected chi connectivity index (χ0v) is 8.33. The maximum atomic E-state index is 5.47. The molecule has 1 radical (unpaired) electrons. The minimum Gasteiger partial charge on any atom is -0.496 e. The normalized spacial score (nSPS) is 10.2. The summed E-state index contributed by atoms with van der Waals surface area (Å²) in [6.45, 7) is 4.93. The SMILES string of the molecule is COc1[c]c(OCC(C)C)ccc1. The molecular weight excluding hydrogens is 164 g/mol. The Morgan fingerprint density at radius 3 is 2.62 bits per heavy atom. The molecule has 0 saturated heterocycles. The van der Waals surface area contributed by atoms with Crippen molar-refractivity contribution < 1.29 is 9.47 Å². The standard InChI is InChI=1S/C11H15O2/c1-9(2)8-13-11-6-4-5-10(7-11)12-3/h4-6,9H,8H2,1-3H3. The first-order valence-corrected chi connectivity index (χ1v) is 4.41. The van der Waals surface area contributed by atoms with E-state index in [2.05, 4.69) is 19.9 Å². The van der Waals surface area contributed by atoms with E-state index in [9.17, 15) is 0 Å². The molecular formula is C11H15O2. The molecule has 1 aromatic carbocycles. The molecule has 71 valence electrons. The van der Waals surface area contributed by atoms with E-state index in [0.29, 0.717) is 18.3 Å². The lowest BCUT2D eigenvalue weighted by Gasteiger charge is -2.08. The average Bonchev–Trinajstić information content (AvgIpc) is 2.15. The molecule has 0 amide bonds. The number of benzene rings is 1. The van der Waals surface area contributed by atoms with E-state index < -0.39 is 0 Å². The van der Waals surface area contributed by atoms with Crippen molar-refractivity contribution in [3.05, 3.63) is 24.3 Å². The highest BCUT2D eigenvalue weighted by Crippen LogP contribution is 2.18. The minimum absolute atomic E-state index is 0.527. The number of rotatable bonds is 4. The van der Waals surface area contributed by atoms with Gasteiger partial charge in [0.05, 0.1) is 19.8 Å². The van der Waals surface area contributed by atoms with Crippen LogP contribution in [0.3, 0.4) is 0 Å². The molecule has 0 bridgehead atoms. The van der Waals surface area contributed by atoms with Gasteiger partial charge in [0, 0.05) is 0 Å². The van der Waals surface area contributed by atoms with Crippen molar-refractivity contribution >= 4 is 0 Å². The van der Waals surface area contributed by atoms with Crippen LogP contribution in [0.5, 0.6) is 11.5 Å². The van der Waals surface area contributed by atoms with Crippen molar-refractivity contribution in [3.8, 4) is 11.5 Å². The van der Waals surface area contributed by atoms with Crippen LogP contribution in [0.4, 0.5) is 0 Å². The van der Waals surface area contributed by atoms with Gasteiger partial charge in [-0.1, -0.05) is 19.9 Å². The second-order valence-corrected chi connectivity index (χ2v) is 3.29. The molecule has 0 N–H and O–H groups in total. The summed E-state index contributed by atoms with van der Waals surface area (Å²) in [6, 6.07) is 8.63. The molecule has 2 heteroatoms. The van der Waals surface area contributed by atoms with Crippen LogP contribution in [0.1, 0.15) is 13.8 Å². The molecule has 0 fully saturated rings. The van der Waals surface area contributed by atoms with Crippen molar-refractivity contribution in [2.24, 2.45) is 5.92 Å². The van der Waals surface area contributed by atoms with Crippen molar-refractivity contribution in [2.45, 2.75) is 13.8 Å². The topological polar surface area (TPSA) is 18.5 Å². The first kappa shape index (κ1) is 9.90. The molecule has 0 spiro atoms. The van der Waals surface area contributed by atoms with Gasteiger partial charge < -0.3 is 9.47 Å². The van der Waals surface area contributed by atoms with Crippen molar-refractivity contribution in [1.29, 1.82) is 0 Å². The zero-order valence-electron chi connectivity index (χ0n) is 8.33. The second-order valence-electron chi connectivity index (χ2n) is 3.29. The molecule has 0 aliphatic heterocycles. The summed E-state index contributed by atoms with van der Waals surface area (Å²) >= 11 is 0. The molecule has 0 aliphatic carbocycles. The monoisotopic (exact) mass is 179 g/mol. The molecule has 0 aliphatic rings. The maximum absolute atomic E-state index is 5.47. The van der Waals surface area contributed by atoms with Gasteiger partial charge in [0.2, 0.25) is 0 Å². The van der Waals surface area contributed by atoms with Crippen LogP contribution in [0.25, 0.3) is 0 Å². The Kier molecular flexibility index (Phi) is 3.62. The highest BCUT2D eigenvalue weighted by atomic mass is 16.5. The average molecular weight is 179 g/mol. The van der Waals surface area contributed by atoms with Crippen LogP contribution >= 0.6 is 0 Å². The van der Waals surface area contributed by atoms with Crippen LogP contribution in [-0.2, 0) is 0 Å². The summed E-state index contributed by atoms with van der Waals surface area (Å²) in [5.41, 5.74) is 0. The van der Waals surface area contributed by atoms with E-state index in [1.807, 2.05) is 18.2 Å². The Labute approximate surface area is 79.5 Å². The third kappa shape index (κ3) is 3.36. The first-order chi connectivity index (χ1) is 6.22. The van der Waals surface area contributed by atoms with E-state index in [0.717, 1.165) is 5.75 Å². The van der Waals surface area contributed by atoms with Crippen LogP contribution in [-0.4, -0.2) is 13.7 Å². The lowest BCUT2D eigenvalue weighted by atomic mass is 10.2. The van der Waals surface area contributed by atoms with Crippen molar-refractivity contribution in [2.75, 3.05) is 13.7 Å². The van der Waals surface area contributed by atoms with E-state index in [1.54, 1.807) is 7.11 Å². The fraction of sp³-hybridized carbons (Fsp3) is 0.455. The number of hydrogen-bond acceptors (Lipinski definition) is 2. The highest BCUT2D eigenvalue weighted by molar-refractivity contribution is 5.30.